The van der Waals surface area contributed by atoms with Crippen molar-refractivity contribution in [2.24, 2.45) is 13.0 Å². The van der Waals surface area contributed by atoms with Gasteiger partial charge in [-0.15, -0.1) is 0 Å². The van der Waals surface area contributed by atoms with Crippen LogP contribution in [0.2, 0.25) is 0 Å². The van der Waals surface area contributed by atoms with Crippen molar-refractivity contribution in [1.82, 2.24) is 9.78 Å². The molecule has 0 aliphatic rings. The Bertz CT molecular complexity index is 268. The average Bonchev–Trinajstić information content (AvgIpc) is 2.51. The maximum atomic E-state index is 9.59. The Hall–Kier alpha value is -0.830. The molecule has 0 amide bonds. The van der Waals surface area contributed by atoms with Crippen LogP contribution in [0.25, 0.3) is 0 Å². The fourth-order valence-corrected chi connectivity index (χ4v) is 1.45. The molecule has 3 nitrogen and oxygen atoms in total. The normalized spacial score (nSPS) is 13.5. The average molecular weight is 196 g/mol. The van der Waals surface area contributed by atoms with Gasteiger partial charge in [0.05, 0.1) is 12.3 Å². The summed E-state index contributed by atoms with van der Waals surface area (Å²) in [5.41, 5.74) is 1.25. The zero-order valence-electron chi connectivity index (χ0n) is 9.27. The second kappa shape index (κ2) is 5.15. The highest BCUT2D eigenvalue weighted by atomic mass is 16.3. The van der Waals surface area contributed by atoms with Gasteiger partial charge in [0, 0.05) is 13.2 Å². The van der Waals surface area contributed by atoms with Gasteiger partial charge in [0.25, 0.3) is 0 Å². The lowest BCUT2D eigenvalue weighted by Gasteiger charge is -2.13. The first-order chi connectivity index (χ1) is 6.59. The molecular formula is C11H20N2O. The van der Waals surface area contributed by atoms with E-state index in [1.54, 1.807) is 0 Å². The predicted molar refractivity (Wildman–Crippen MR) is 57.0 cm³/mol. The minimum Gasteiger partial charge on any atom is -0.393 e. The Balaban J connectivity index is 2.22. The first-order valence-electron chi connectivity index (χ1n) is 5.25. The lowest BCUT2D eigenvalue weighted by atomic mass is 10.0. The van der Waals surface area contributed by atoms with Gasteiger partial charge in [-0.25, -0.2) is 0 Å². The van der Waals surface area contributed by atoms with Crippen LogP contribution in [-0.4, -0.2) is 21.0 Å². The van der Waals surface area contributed by atoms with E-state index in [1.807, 2.05) is 24.1 Å². The molecule has 0 saturated carbocycles. The van der Waals surface area contributed by atoms with Crippen molar-refractivity contribution in [2.45, 2.75) is 39.2 Å². The smallest absolute Gasteiger partial charge is 0.0563 e. The quantitative estimate of drug-likeness (QED) is 0.779. The minimum atomic E-state index is -0.160. The number of rotatable bonds is 5. The molecule has 3 heteroatoms. The fraction of sp³-hybridized carbons (Fsp3) is 0.727. The zero-order valence-corrected chi connectivity index (χ0v) is 9.27. The van der Waals surface area contributed by atoms with Crippen molar-refractivity contribution in [3.8, 4) is 0 Å². The van der Waals surface area contributed by atoms with Gasteiger partial charge in [-0.3, -0.25) is 4.68 Å². The van der Waals surface area contributed by atoms with E-state index in [0.717, 1.165) is 19.3 Å². The molecule has 0 aromatic carbocycles. The summed E-state index contributed by atoms with van der Waals surface area (Å²) in [7, 11) is 1.92. The molecule has 1 rings (SSSR count). The molecule has 0 fully saturated rings. The highest BCUT2D eigenvalue weighted by Crippen LogP contribution is 2.10. The van der Waals surface area contributed by atoms with E-state index < -0.39 is 0 Å². The molecule has 1 unspecified atom stereocenters. The summed E-state index contributed by atoms with van der Waals surface area (Å²) in [6.07, 6.45) is 6.69. The van der Waals surface area contributed by atoms with Crippen LogP contribution < -0.4 is 0 Å². The number of aliphatic hydroxyl groups is 1. The van der Waals surface area contributed by atoms with Crippen LogP contribution in [0.5, 0.6) is 0 Å². The van der Waals surface area contributed by atoms with E-state index in [0.29, 0.717) is 5.92 Å². The maximum absolute atomic E-state index is 9.59. The van der Waals surface area contributed by atoms with Gasteiger partial charge in [-0.05, 0) is 30.7 Å². The summed E-state index contributed by atoms with van der Waals surface area (Å²) in [4.78, 5) is 0. The molecule has 0 bridgehead atoms. The van der Waals surface area contributed by atoms with E-state index in [9.17, 15) is 5.11 Å². The Morgan fingerprint density at radius 2 is 2.21 bits per heavy atom. The minimum absolute atomic E-state index is 0.160. The first-order valence-corrected chi connectivity index (χ1v) is 5.25. The predicted octanol–water partition coefficient (Wildman–Crippen LogP) is 1.76. The Morgan fingerprint density at radius 1 is 1.50 bits per heavy atom. The lowest BCUT2D eigenvalue weighted by molar-refractivity contribution is 0.114. The van der Waals surface area contributed by atoms with E-state index >= 15 is 0 Å². The highest BCUT2D eigenvalue weighted by Gasteiger charge is 2.08. The summed E-state index contributed by atoms with van der Waals surface area (Å²) >= 11 is 0. The summed E-state index contributed by atoms with van der Waals surface area (Å²) in [6, 6.07) is 0. The van der Waals surface area contributed by atoms with E-state index in [1.165, 1.54) is 5.56 Å². The molecular weight excluding hydrogens is 176 g/mol. The number of nitrogens with zero attached hydrogens (tertiary/aromatic N) is 2. The molecule has 0 radical (unpaired) electrons. The number of aliphatic hydroxyl groups excluding tert-OH is 1. The molecule has 0 spiro atoms. The molecule has 1 aromatic rings. The fourth-order valence-electron chi connectivity index (χ4n) is 1.45. The third-order valence-electron chi connectivity index (χ3n) is 2.49. The Labute approximate surface area is 85.8 Å². The maximum Gasteiger partial charge on any atom is 0.0563 e. The van der Waals surface area contributed by atoms with E-state index in [-0.39, 0.29) is 6.10 Å². The monoisotopic (exact) mass is 196 g/mol. The molecule has 0 aliphatic heterocycles. The van der Waals surface area contributed by atoms with Crippen LogP contribution in [-0.2, 0) is 13.5 Å². The lowest BCUT2D eigenvalue weighted by Crippen LogP contribution is -2.14. The van der Waals surface area contributed by atoms with Crippen molar-refractivity contribution in [3.63, 3.8) is 0 Å². The molecule has 1 atom stereocenters. The van der Waals surface area contributed by atoms with Crippen molar-refractivity contribution in [3.05, 3.63) is 18.0 Å². The van der Waals surface area contributed by atoms with Gasteiger partial charge >= 0.3 is 0 Å². The van der Waals surface area contributed by atoms with Gasteiger partial charge in [0.2, 0.25) is 0 Å². The number of hydrogen-bond acceptors (Lipinski definition) is 2. The third-order valence-corrected chi connectivity index (χ3v) is 2.49. The number of aryl methyl sites for hydroxylation is 2. The van der Waals surface area contributed by atoms with Crippen LogP contribution >= 0.6 is 0 Å². The zero-order chi connectivity index (χ0) is 10.6. The first kappa shape index (κ1) is 11.2. The van der Waals surface area contributed by atoms with Crippen LogP contribution in [0.1, 0.15) is 32.3 Å². The molecule has 14 heavy (non-hydrogen) atoms. The molecule has 1 N–H and O–H groups in total. The third kappa shape index (κ3) is 3.50. The van der Waals surface area contributed by atoms with Gasteiger partial charge < -0.3 is 5.11 Å². The molecule has 1 aromatic heterocycles. The topological polar surface area (TPSA) is 38.1 Å². The van der Waals surface area contributed by atoms with Gasteiger partial charge in [-0.1, -0.05) is 13.8 Å². The second-order valence-electron chi connectivity index (χ2n) is 4.23. The Morgan fingerprint density at radius 3 is 2.71 bits per heavy atom. The van der Waals surface area contributed by atoms with E-state index in [2.05, 4.69) is 18.9 Å². The summed E-state index contributed by atoms with van der Waals surface area (Å²) in [5, 5.41) is 13.7. The largest absolute Gasteiger partial charge is 0.393 e. The summed E-state index contributed by atoms with van der Waals surface area (Å²) < 4.78 is 1.81. The van der Waals surface area contributed by atoms with Crippen molar-refractivity contribution < 1.29 is 5.11 Å². The molecule has 80 valence electrons. The highest BCUT2D eigenvalue weighted by molar-refractivity contribution is 5.03. The molecule has 0 saturated heterocycles. The summed E-state index contributed by atoms with van der Waals surface area (Å²) in [6.45, 7) is 4.10. The van der Waals surface area contributed by atoms with Crippen LogP contribution in [0, 0.1) is 5.92 Å². The standard InChI is InChI=1S/C11H20N2O/c1-9(2)11(14)6-4-5-10-7-12-13(3)8-10/h7-9,11,14H,4-6H2,1-3H3. The number of hydrogen-bond donors (Lipinski definition) is 1. The van der Waals surface area contributed by atoms with E-state index in [4.69, 9.17) is 0 Å². The molecule has 0 aliphatic carbocycles. The van der Waals surface area contributed by atoms with Gasteiger partial charge in [-0.2, -0.15) is 5.10 Å². The van der Waals surface area contributed by atoms with Crippen LogP contribution in [0.3, 0.4) is 0 Å². The van der Waals surface area contributed by atoms with Crippen LogP contribution in [0.15, 0.2) is 12.4 Å². The number of aromatic nitrogens is 2. The van der Waals surface area contributed by atoms with Crippen molar-refractivity contribution in [1.29, 1.82) is 0 Å². The van der Waals surface area contributed by atoms with Crippen molar-refractivity contribution >= 4 is 0 Å². The van der Waals surface area contributed by atoms with Crippen LogP contribution in [0.4, 0.5) is 0 Å². The molecule has 1 heterocycles. The van der Waals surface area contributed by atoms with Gasteiger partial charge in [0.1, 0.15) is 0 Å². The second-order valence-corrected chi connectivity index (χ2v) is 4.23. The Kier molecular flexibility index (Phi) is 4.14. The SMILES string of the molecule is CC(C)C(O)CCCc1cnn(C)c1. The summed E-state index contributed by atoms with van der Waals surface area (Å²) in [5.74, 6) is 0.365. The van der Waals surface area contributed by atoms with Crippen molar-refractivity contribution in [2.75, 3.05) is 0 Å². The van der Waals surface area contributed by atoms with Gasteiger partial charge in [0.15, 0.2) is 0 Å².